The maximum Gasteiger partial charge on any atom is 0.205 e. The number of hydrogen-bond donors (Lipinski definition) is 0. The van der Waals surface area contributed by atoms with Crippen molar-refractivity contribution in [3.8, 4) is 23.0 Å². The van der Waals surface area contributed by atoms with Crippen LogP contribution in [0.3, 0.4) is 0 Å². The van der Waals surface area contributed by atoms with E-state index in [1.165, 1.54) is 0 Å². The Labute approximate surface area is 204 Å². The summed E-state index contributed by atoms with van der Waals surface area (Å²) in [5.74, 6) is -0.289. The first-order valence-corrected chi connectivity index (χ1v) is 11.5. The molecule has 2 aromatic heterocycles. The summed E-state index contributed by atoms with van der Waals surface area (Å²) in [5.41, 5.74) is 5.49. The molecule has 5 nitrogen and oxygen atoms in total. The van der Waals surface area contributed by atoms with Gasteiger partial charge in [-0.25, -0.2) is 4.68 Å². The number of aryl methyl sites for hydroxylation is 1. The second-order valence-corrected chi connectivity index (χ2v) is 8.60. The molecule has 2 heterocycles. The van der Waals surface area contributed by atoms with Gasteiger partial charge in [-0.05, 0) is 56.7 Å². The number of halogens is 1. The molecule has 0 N–H and O–H groups in total. The quantitative estimate of drug-likeness (QED) is 0.170. The highest BCUT2D eigenvalue weighted by Gasteiger charge is 2.21. The Kier molecular flexibility index (Phi) is 6.81. The van der Waals surface area contributed by atoms with Gasteiger partial charge >= 0.3 is 0 Å². The van der Waals surface area contributed by atoms with Gasteiger partial charge in [0.1, 0.15) is 17.3 Å². The highest BCUT2D eigenvalue weighted by Crippen LogP contribution is 2.29. The minimum Gasteiger partial charge on any atom is -0.348 e. The van der Waals surface area contributed by atoms with E-state index in [-0.39, 0.29) is 11.4 Å². The van der Waals surface area contributed by atoms with Crippen LogP contribution in [0, 0.1) is 25.2 Å². The predicted molar refractivity (Wildman–Crippen MR) is 136 cm³/mol. The predicted octanol–water partition coefficient (Wildman–Crippen LogP) is 6.81. The van der Waals surface area contributed by atoms with Gasteiger partial charge in [0.2, 0.25) is 5.78 Å². The third-order valence-electron chi connectivity index (χ3n) is 5.79. The van der Waals surface area contributed by atoms with Gasteiger partial charge in [-0.3, -0.25) is 4.79 Å². The monoisotopic (exact) mass is 468 g/mol. The molecule has 34 heavy (non-hydrogen) atoms. The Balaban J connectivity index is 1.83. The molecule has 0 unspecified atom stereocenters. The average molecular weight is 469 g/mol. The lowest BCUT2D eigenvalue weighted by atomic mass is 10.0. The van der Waals surface area contributed by atoms with Crippen LogP contribution in [0.4, 0.5) is 0 Å². The molecule has 0 saturated heterocycles. The Morgan fingerprint density at radius 3 is 2.56 bits per heavy atom. The minimum atomic E-state index is -0.289. The molecule has 170 valence electrons. The van der Waals surface area contributed by atoms with Crippen LogP contribution in [0.5, 0.6) is 0 Å². The molecular formula is C28H25ClN4O. The lowest BCUT2D eigenvalue weighted by molar-refractivity contribution is 0.103. The van der Waals surface area contributed by atoms with Crippen molar-refractivity contribution in [3.05, 3.63) is 100.0 Å². The van der Waals surface area contributed by atoms with Gasteiger partial charge in [-0.15, -0.1) is 0 Å². The van der Waals surface area contributed by atoms with Crippen LogP contribution in [0.2, 0.25) is 5.02 Å². The highest BCUT2D eigenvalue weighted by molar-refractivity contribution is 6.30. The van der Waals surface area contributed by atoms with Gasteiger partial charge in [-0.2, -0.15) is 10.4 Å². The Hall–Kier alpha value is -3.88. The van der Waals surface area contributed by atoms with Gasteiger partial charge in [0.15, 0.2) is 0 Å². The van der Waals surface area contributed by atoms with Crippen molar-refractivity contribution in [2.24, 2.45) is 0 Å². The molecule has 6 heteroatoms. The summed E-state index contributed by atoms with van der Waals surface area (Å²) in [6.07, 6.45) is 4.42. The van der Waals surface area contributed by atoms with Gasteiger partial charge in [0.05, 0.1) is 5.69 Å². The van der Waals surface area contributed by atoms with E-state index >= 15 is 0 Å². The average Bonchev–Trinajstić information content (AvgIpc) is 3.39. The molecule has 0 aliphatic heterocycles. The van der Waals surface area contributed by atoms with Crippen LogP contribution in [0.25, 0.3) is 23.0 Å². The number of ketones is 1. The molecule has 0 bridgehead atoms. The molecule has 4 aromatic rings. The Bertz CT molecular complexity index is 1420. The Morgan fingerprint density at radius 1 is 1.12 bits per heavy atom. The number of allylic oxidation sites excluding steroid dienone is 1. The zero-order chi connectivity index (χ0) is 24.2. The number of Topliss-reactive ketones (excluding diaryl/α,β-unsaturated/α-hetero) is 1. The fourth-order valence-corrected chi connectivity index (χ4v) is 4.30. The van der Waals surface area contributed by atoms with Crippen molar-refractivity contribution >= 4 is 23.5 Å². The number of hydrogen-bond acceptors (Lipinski definition) is 3. The van der Waals surface area contributed by atoms with Crippen LogP contribution in [-0.2, 0) is 6.54 Å². The fraction of sp³-hybridized carbons (Fsp3) is 0.179. The number of nitrogens with zero attached hydrogens (tertiary/aromatic N) is 4. The lowest BCUT2D eigenvalue weighted by Gasteiger charge is -2.07. The van der Waals surface area contributed by atoms with E-state index < -0.39 is 0 Å². The second-order valence-electron chi connectivity index (χ2n) is 8.16. The minimum absolute atomic E-state index is 0.0626. The van der Waals surface area contributed by atoms with Crippen molar-refractivity contribution < 1.29 is 4.79 Å². The molecule has 0 amide bonds. The van der Waals surface area contributed by atoms with Gasteiger partial charge in [0, 0.05) is 45.8 Å². The van der Waals surface area contributed by atoms with Crippen LogP contribution < -0.4 is 0 Å². The van der Waals surface area contributed by atoms with Crippen LogP contribution >= 0.6 is 11.6 Å². The third kappa shape index (κ3) is 4.59. The first-order chi connectivity index (χ1) is 16.4. The first-order valence-electron chi connectivity index (χ1n) is 11.2. The number of carbonyl (C=O) groups is 1. The summed E-state index contributed by atoms with van der Waals surface area (Å²) in [6.45, 7) is 6.84. The van der Waals surface area contributed by atoms with E-state index in [4.69, 9.17) is 16.7 Å². The second kappa shape index (κ2) is 9.94. The summed E-state index contributed by atoms with van der Waals surface area (Å²) >= 11 is 6.24. The molecule has 0 spiro atoms. The number of benzene rings is 2. The van der Waals surface area contributed by atoms with Crippen LogP contribution in [0.1, 0.15) is 40.7 Å². The molecule has 2 aromatic carbocycles. The largest absolute Gasteiger partial charge is 0.348 e. The summed E-state index contributed by atoms with van der Waals surface area (Å²) in [6, 6.07) is 21.1. The van der Waals surface area contributed by atoms with Gasteiger partial charge in [0.25, 0.3) is 0 Å². The molecule has 0 aliphatic rings. The standard InChI is InChI=1S/C28H25ClN4O/c1-4-13-32-19(2)14-26(20(32)3)28(34)22(17-30)15-23-18-33(25-11-6-5-7-12-25)31-27(23)21-9-8-10-24(29)16-21/h5-12,14-16,18H,4,13H2,1-3H3/b22-15+. The van der Waals surface area contributed by atoms with Crippen molar-refractivity contribution in [3.63, 3.8) is 0 Å². The van der Waals surface area contributed by atoms with E-state index in [0.29, 0.717) is 21.8 Å². The van der Waals surface area contributed by atoms with E-state index in [9.17, 15) is 10.1 Å². The molecule has 0 saturated carbocycles. The normalized spacial score (nSPS) is 11.4. The zero-order valence-corrected chi connectivity index (χ0v) is 20.2. The van der Waals surface area contributed by atoms with Crippen molar-refractivity contribution in [2.75, 3.05) is 0 Å². The lowest BCUT2D eigenvalue weighted by Crippen LogP contribution is -2.06. The highest BCUT2D eigenvalue weighted by atomic mass is 35.5. The van der Waals surface area contributed by atoms with Gasteiger partial charge < -0.3 is 4.57 Å². The van der Waals surface area contributed by atoms with Crippen LogP contribution in [0.15, 0.2) is 72.4 Å². The number of nitriles is 1. The molecule has 4 rings (SSSR count). The molecular weight excluding hydrogens is 444 g/mol. The molecule has 0 aliphatic carbocycles. The number of rotatable bonds is 7. The number of aromatic nitrogens is 3. The number of carbonyl (C=O) groups excluding carboxylic acids is 1. The van der Waals surface area contributed by atoms with Crippen LogP contribution in [-0.4, -0.2) is 20.1 Å². The van der Waals surface area contributed by atoms with Crippen molar-refractivity contribution in [2.45, 2.75) is 33.7 Å². The summed E-state index contributed by atoms with van der Waals surface area (Å²) < 4.78 is 3.86. The van der Waals surface area contributed by atoms with E-state index in [2.05, 4.69) is 17.6 Å². The maximum atomic E-state index is 13.4. The Morgan fingerprint density at radius 2 is 1.88 bits per heavy atom. The fourth-order valence-electron chi connectivity index (χ4n) is 4.11. The van der Waals surface area contributed by atoms with E-state index in [1.807, 2.05) is 74.6 Å². The van der Waals surface area contributed by atoms with Crippen molar-refractivity contribution in [1.29, 1.82) is 5.26 Å². The van der Waals surface area contributed by atoms with E-state index in [1.54, 1.807) is 16.8 Å². The summed E-state index contributed by atoms with van der Waals surface area (Å²) in [4.78, 5) is 13.4. The first kappa shape index (κ1) is 23.3. The SMILES string of the molecule is CCCn1c(C)cc(C(=O)/C(C#N)=C/c2cn(-c3ccccc3)nc2-c2cccc(Cl)c2)c1C. The summed E-state index contributed by atoms with van der Waals surface area (Å²) in [7, 11) is 0. The molecule has 0 radical (unpaired) electrons. The van der Waals surface area contributed by atoms with Crippen molar-refractivity contribution in [1.82, 2.24) is 14.3 Å². The molecule has 0 fully saturated rings. The number of para-hydroxylation sites is 1. The van der Waals surface area contributed by atoms with Gasteiger partial charge in [-0.1, -0.05) is 48.9 Å². The smallest absolute Gasteiger partial charge is 0.205 e. The maximum absolute atomic E-state index is 13.4. The molecule has 0 atom stereocenters. The summed E-state index contributed by atoms with van der Waals surface area (Å²) in [5, 5.41) is 15.3. The topological polar surface area (TPSA) is 63.6 Å². The zero-order valence-electron chi connectivity index (χ0n) is 19.4. The third-order valence-corrected chi connectivity index (χ3v) is 6.03. The van der Waals surface area contributed by atoms with E-state index in [0.717, 1.165) is 35.6 Å².